The van der Waals surface area contributed by atoms with Crippen molar-refractivity contribution < 1.29 is 23.1 Å². The summed E-state index contributed by atoms with van der Waals surface area (Å²) in [6.07, 6.45) is -1.89. The lowest BCUT2D eigenvalue weighted by Crippen LogP contribution is -2.34. The molecule has 0 aliphatic heterocycles. The molecule has 0 unspecified atom stereocenters. The molecule has 2 aromatic heterocycles. The summed E-state index contributed by atoms with van der Waals surface area (Å²) in [4.78, 5) is 22.6. The number of carboxylic acids is 1. The lowest BCUT2D eigenvalue weighted by Gasteiger charge is -2.19. The molecule has 24 heavy (non-hydrogen) atoms. The van der Waals surface area contributed by atoms with Gasteiger partial charge in [-0.25, -0.2) is 14.8 Å². The van der Waals surface area contributed by atoms with E-state index in [0.717, 1.165) is 0 Å². The molecule has 0 fully saturated rings. The van der Waals surface area contributed by atoms with Crippen LogP contribution in [0.1, 0.15) is 19.5 Å². The van der Waals surface area contributed by atoms with Crippen LogP contribution in [-0.2, 0) is 11.0 Å². The number of halogens is 3. The first kappa shape index (κ1) is 17.6. The van der Waals surface area contributed by atoms with Crippen molar-refractivity contribution in [2.45, 2.75) is 26.1 Å². The van der Waals surface area contributed by atoms with Crippen molar-refractivity contribution >= 4 is 11.8 Å². The topological polar surface area (TPSA) is 88.0 Å². The van der Waals surface area contributed by atoms with E-state index >= 15 is 0 Å². The molecule has 0 amide bonds. The minimum Gasteiger partial charge on any atom is -0.480 e. The van der Waals surface area contributed by atoms with Crippen LogP contribution in [0, 0.1) is 5.92 Å². The number of aromatic nitrogens is 3. The highest BCUT2D eigenvalue weighted by Gasteiger charge is 2.34. The van der Waals surface area contributed by atoms with Gasteiger partial charge in [0.05, 0.1) is 0 Å². The molecule has 0 bridgehead atoms. The van der Waals surface area contributed by atoms with Crippen LogP contribution < -0.4 is 5.32 Å². The second-order valence-corrected chi connectivity index (χ2v) is 5.41. The fourth-order valence-corrected chi connectivity index (χ4v) is 1.96. The molecule has 0 aromatic carbocycles. The number of pyridine rings is 1. The van der Waals surface area contributed by atoms with Crippen LogP contribution in [0.25, 0.3) is 11.4 Å². The number of carboxylic acid groups (broad SMARTS) is 1. The third-order valence-electron chi connectivity index (χ3n) is 3.17. The molecule has 0 aliphatic carbocycles. The molecular formula is C15H15F3N4O2. The molecule has 0 saturated heterocycles. The van der Waals surface area contributed by atoms with Gasteiger partial charge in [0.25, 0.3) is 0 Å². The van der Waals surface area contributed by atoms with Crippen LogP contribution in [0.5, 0.6) is 0 Å². The van der Waals surface area contributed by atoms with Crippen LogP contribution >= 0.6 is 0 Å². The molecule has 128 valence electrons. The highest BCUT2D eigenvalue weighted by molar-refractivity contribution is 5.77. The van der Waals surface area contributed by atoms with Gasteiger partial charge in [-0.3, -0.25) is 4.98 Å². The molecule has 0 spiro atoms. The van der Waals surface area contributed by atoms with E-state index in [1.54, 1.807) is 19.9 Å². The van der Waals surface area contributed by atoms with Gasteiger partial charge in [0, 0.05) is 24.0 Å². The monoisotopic (exact) mass is 340 g/mol. The Morgan fingerprint density at radius 3 is 2.50 bits per heavy atom. The van der Waals surface area contributed by atoms with E-state index in [-0.39, 0.29) is 17.6 Å². The van der Waals surface area contributed by atoms with Crippen molar-refractivity contribution in [1.29, 1.82) is 0 Å². The minimum atomic E-state index is -4.69. The lowest BCUT2D eigenvalue weighted by molar-refractivity contribution is -0.141. The molecule has 6 nitrogen and oxygen atoms in total. The fourth-order valence-electron chi connectivity index (χ4n) is 1.96. The molecule has 2 rings (SSSR count). The van der Waals surface area contributed by atoms with Crippen molar-refractivity contribution in [3.63, 3.8) is 0 Å². The summed E-state index contributed by atoms with van der Waals surface area (Å²) >= 11 is 0. The maximum atomic E-state index is 13.1. The molecule has 9 heteroatoms. The van der Waals surface area contributed by atoms with E-state index in [0.29, 0.717) is 11.6 Å². The van der Waals surface area contributed by atoms with Gasteiger partial charge in [-0.2, -0.15) is 13.2 Å². The van der Waals surface area contributed by atoms with E-state index in [2.05, 4.69) is 20.3 Å². The van der Waals surface area contributed by atoms with Crippen molar-refractivity contribution in [1.82, 2.24) is 15.0 Å². The summed E-state index contributed by atoms with van der Waals surface area (Å²) in [5.41, 5.74) is -0.866. The van der Waals surface area contributed by atoms with Gasteiger partial charge in [0.1, 0.15) is 11.9 Å². The third kappa shape index (κ3) is 4.18. The number of rotatable bonds is 5. The van der Waals surface area contributed by atoms with Crippen LogP contribution in [0.2, 0.25) is 0 Å². The number of carbonyl (C=O) groups is 1. The maximum Gasteiger partial charge on any atom is 0.433 e. The maximum absolute atomic E-state index is 13.1. The molecule has 2 N–H and O–H groups in total. The van der Waals surface area contributed by atoms with E-state index in [1.807, 2.05) is 0 Å². The van der Waals surface area contributed by atoms with Crippen molar-refractivity contribution in [2.75, 3.05) is 5.32 Å². The van der Waals surface area contributed by atoms with Gasteiger partial charge in [-0.05, 0) is 18.1 Å². The molecule has 0 aliphatic rings. The van der Waals surface area contributed by atoms with E-state index < -0.39 is 23.9 Å². The molecule has 0 radical (unpaired) electrons. The van der Waals surface area contributed by atoms with Crippen LogP contribution in [0.15, 0.2) is 30.6 Å². The normalized spacial score (nSPS) is 12.9. The first-order valence-electron chi connectivity index (χ1n) is 7.04. The summed E-state index contributed by atoms with van der Waals surface area (Å²) in [6, 6.07) is 2.67. The van der Waals surface area contributed by atoms with E-state index in [9.17, 15) is 23.1 Å². The second-order valence-electron chi connectivity index (χ2n) is 5.41. The van der Waals surface area contributed by atoms with Gasteiger partial charge in [0.15, 0.2) is 11.5 Å². The highest BCUT2D eigenvalue weighted by Crippen LogP contribution is 2.31. The zero-order valence-corrected chi connectivity index (χ0v) is 12.9. The fraction of sp³-hybridized carbons (Fsp3) is 0.333. The van der Waals surface area contributed by atoms with Crippen molar-refractivity contribution in [2.24, 2.45) is 5.92 Å². The Bertz CT molecular complexity index is 720. The van der Waals surface area contributed by atoms with Gasteiger partial charge >= 0.3 is 12.1 Å². The Morgan fingerprint density at radius 1 is 1.29 bits per heavy atom. The molecule has 1 atom stereocenters. The summed E-state index contributed by atoms with van der Waals surface area (Å²) in [7, 11) is 0. The SMILES string of the molecule is CC(C)[C@@H](Nc1cc(C(F)(F)F)nc(-c2cccnc2)n1)C(=O)O. The number of nitrogens with zero attached hydrogens (tertiary/aromatic N) is 3. The Labute approximate surface area is 135 Å². The molecule has 2 heterocycles. The summed E-state index contributed by atoms with van der Waals surface area (Å²) in [6.45, 7) is 3.28. The minimum absolute atomic E-state index is 0.187. The number of alkyl halides is 3. The van der Waals surface area contributed by atoms with Gasteiger partial charge in [-0.15, -0.1) is 0 Å². The van der Waals surface area contributed by atoms with Gasteiger partial charge < -0.3 is 10.4 Å². The molecule has 2 aromatic rings. The van der Waals surface area contributed by atoms with Crippen LogP contribution in [0.3, 0.4) is 0 Å². The Kier molecular flexibility index (Phi) is 5.01. The number of aliphatic carboxylic acids is 1. The summed E-state index contributed by atoms with van der Waals surface area (Å²) in [5, 5.41) is 11.7. The molecular weight excluding hydrogens is 325 g/mol. The van der Waals surface area contributed by atoms with Gasteiger partial charge in [0.2, 0.25) is 0 Å². The predicted molar refractivity (Wildman–Crippen MR) is 80.1 cm³/mol. The quantitative estimate of drug-likeness (QED) is 0.870. The standard InChI is InChI=1S/C15H15F3N4O2/c1-8(2)12(14(23)24)21-11-6-10(15(16,17)18)20-13(22-11)9-4-3-5-19-7-9/h3-8,12H,1-2H3,(H,23,24)(H,20,21,22)/t12-/m1/s1. The van der Waals surface area contributed by atoms with Crippen LogP contribution in [-0.4, -0.2) is 32.1 Å². The summed E-state index contributed by atoms with van der Waals surface area (Å²) in [5.74, 6) is -1.93. The van der Waals surface area contributed by atoms with Gasteiger partial charge in [-0.1, -0.05) is 13.8 Å². The van der Waals surface area contributed by atoms with E-state index in [4.69, 9.17) is 0 Å². The smallest absolute Gasteiger partial charge is 0.433 e. The Morgan fingerprint density at radius 2 is 2.00 bits per heavy atom. The average molecular weight is 340 g/mol. The Balaban J connectivity index is 2.49. The predicted octanol–water partition coefficient (Wildman–Crippen LogP) is 3.08. The first-order chi connectivity index (χ1) is 11.2. The average Bonchev–Trinajstić information content (AvgIpc) is 2.51. The zero-order chi connectivity index (χ0) is 17.9. The highest BCUT2D eigenvalue weighted by atomic mass is 19.4. The summed E-state index contributed by atoms with van der Waals surface area (Å²) < 4.78 is 39.2. The van der Waals surface area contributed by atoms with Crippen molar-refractivity contribution in [3.05, 3.63) is 36.3 Å². The number of nitrogens with one attached hydrogen (secondary N) is 1. The third-order valence-corrected chi connectivity index (χ3v) is 3.17. The van der Waals surface area contributed by atoms with Crippen molar-refractivity contribution in [3.8, 4) is 11.4 Å². The largest absolute Gasteiger partial charge is 0.480 e. The van der Waals surface area contributed by atoms with Crippen LogP contribution in [0.4, 0.5) is 19.0 Å². The number of hydrogen-bond donors (Lipinski definition) is 2. The molecule has 0 saturated carbocycles. The zero-order valence-electron chi connectivity index (χ0n) is 12.9. The first-order valence-corrected chi connectivity index (χ1v) is 7.04. The lowest BCUT2D eigenvalue weighted by atomic mass is 10.0. The second kappa shape index (κ2) is 6.81. The Hall–Kier alpha value is -2.71. The van der Waals surface area contributed by atoms with E-state index in [1.165, 1.54) is 18.5 Å². The number of anilines is 1. The number of hydrogen-bond acceptors (Lipinski definition) is 5.